The highest BCUT2D eigenvalue weighted by Gasteiger charge is 2.36. The van der Waals surface area contributed by atoms with E-state index < -0.39 is 33.4 Å². The summed E-state index contributed by atoms with van der Waals surface area (Å²) in [6.45, 7) is 0.998. The Morgan fingerprint density at radius 1 is 1.11 bits per heavy atom. The first kappa shape index (κ1) is 27.2. The summed E-state index contributed by atoms with van der Waals surface area (Å²) in [6, 6.07) is 9.24. The van der Waals surface area contributed by atoms with Crippen LogP contribution in [-0.4, -0.2) is 63.5 Å². The van der Waals surface area contributed by atoms with Crippen molar-refractivity contribution < 1.29 is 41.0 Å². The first-order valence-electron chi connectivity index (χ1n) is 11.8. The lowest BCUT2D eigenvalue weighted by Crippen LogP contribution is -2.49. The summed E-state index contributed by atoms with van der Waals surface area (Å²) in [5.41, 5.74) is 1.35. The number of hydrogen-bond acceptors (Lipinski definition) is 8. The highest BCUT2D eigenvalue weighted by molar-refractivity contribution is 7.92. The molecule has 1 unspecified atom stereocenters. The minimum Gasteiger partial charge on any atom is -0.490 e. The fourth-order valence-electron chi connectivity index (χ4n) is 4.51. The Hall–Kier alpha value is -2.87. The number of carbonyl (C=O) groups is 1. The molecule has 0 bridgehead atoms. The van der Waals surface area contributed by atoms with Crippen LogP contribution in [0.15, 0.2) is 47.4 Å². The van der Waals surface area contributed by atoms with Crippen molar-refractivity contribution in [1.29, 1.82) is 0 Å². The van der Waals surface area contributed by atoms with Crippen molar-refractivity contribution in [3.63, 3.8) is 0 Å². The Bertz CT molecular complexity index is 1200. The van der Waals surface area contributed by atoms with E-state index in [9.17, 15) is 31.5 Å². The zero-order chi connectivity index (χ0) is 26.6. The molecule has 13 heteroatoms. The molecule has 9 nitrogen and oxygen atoms in total. The van der Waals surface area contributed by atoms with Crippen molar-refractivity contribution in [2.24, 2.45) is 5.92 Å². The van der Waals surface area contributed by atoms with Crippen molar-refractivity contribution in [2.45, 2.75) is 42.0 Å². The van der Waals surface area contributed by atoms with Crippen LogP contribution < -0.4 is 25.4 Å². The summed E-state index contributed by atoms with van der Waals surface area (Å²) in [5.74, 6) is -0.491. The maximum atomic E-state index is 13.5. The fourth-order valence-corrected chi connectivity index (χ4v) is 6.41. The second-order valence-electron chi connectivity index (χ2n) is 8.95. The number of rotatable bonds is 10. The number of anilines is 1. The van der Waals surface area contributed by atoms with Crippen LogP contribution in [-0.2, 0) is 21.1 Å². The van der Waals surface area contributed by atoms with Crippen LogP contribution in [0.5, 0.6) is 11.5 Å². The Morgan fingerprint density at radius 2 is 1.81 bits per heavy atom. The van der Waals surface area contributed by atoms with Crippen LogP contribution in [0.4, 0.5) is 18.9 Å². The van der Waals surface area contributed by atoms with E-state index in [0.29, 0.717) is 42.9 Å². The van der Waals surface area contributed by atoms with Gasteiger partial charge in [0.1, 0.15) is 29.6 Å². The van der Waals surface area contributed by atoms with Crippen molar-refractivity contribution in [2.75, 3.05) is 31.6 Å². The molecule has 4 rings (SSSR count). The smallest absolute Gasteiger partial charge is 0.490 e. The molecule has 202 valence electrons. The van der Waals surface area contributed by atoms with Crippen LogP contribution in [0.2, 0.25) is 0 Å². The summed E-state index contributed by atoms with van der Waals surface area (Å²) in [5, 5.41) is 18.3. The molecule has 0 aliphatic carbocycles. The Kier molecular flexibility index (Phi) is 8.26. The number of aliphatic hydroxyl groups excluding tert-OH is 1. The van der Waals surface area contributed by atoms with Crippen molar-refractivity contribution in [3.05, 3.63) is 48.0 Å². The molecule has 1 saturated heterocycles. The van der Waals surface area contributed by atoms with E-state index in [-0.39, 0.29) is 36.3 Å². The van der Waals surface area contributed by atoms with Gasteiger partial charge in [-0.05, 0) is 68.2 Å². The van der Waals surface area contributed by atoms with Crippen LogP contribution >= 0.6 is 0 Å². The number of sulfone groups is 1. The van der Waals surface area contributed by atoms with Gasteiger partial charge in [0, 0.05) is 17.8 Å². The summed E-state index contributed by atoms with van der Waals surface area (Å²) in [7, 11) is -4.01. The van der Waals surface area contributed by atoms with E-state index in [1.807, 2.05) is 0 Å². The van der Waals surface area contributed by atoms with E-state index in [4.69, 9.17) is 4.74 Å². The van der Waals surface area contributed by atoms with E-state index in [1.165, 1.54) is 0 Å². The molecular formula is C24H28F3N3O6S. The maximum Gasteiger partial charge on any atom is 0.573 e. The molecule has 0 radical (unpaired) electrons. The third kappa shape index (κ3) is 6.92. The van der Waals surface area contributed by atoms with E-state index in [0.717, 1.165) is 24.3 Å². The number of carbonyl (C=O) groups excluding carboxylic acids is 1. The molecule has 2 aliphatic rings. The molecule has 0 aromatic heterocycles. The summed E-state index contributed by atoms with van der Waals surface area (Å²) >= 11 is 0. The number of aliphatic hydroxyl groups is 1. The van der Waals surface area contributed by atoms with E-state index in [2.05, 4.69) is 20.7 Å². The van der Waals surface area contributed by atoms with Gasteiger partial charge in [0.2, 0.25) is 5.91 Å². The Morgan fingerprint density at radius 3 is 2.49 bits per heavy atom. The zero-order valence-electron chi connectivity index (χ0n) is 19.8. The molecule has 0 saturated carbocycles. The molecule has 2 aromatic rings. The lowest BCUT2D eigenvalue weighted by molar-refractivity contribution is -0.274. The number of alkyl halides is 3. The van der Waals surface area contributed by atoms with Crippen LogP contribution in [0.3, 0.4) is 0 Å². The molecule has 0 spiro atoms. The number of benzene rings is 2. The van der Waals surface area contributed by atoms with Gasteiger partial charge in [0.25, 0.3) is 0 Å². The molecule has 37 heavy (non-hydrogen) atoms. The minimum atomic E-state index is -4.89. The number of fused-ring (bicyclic) bond motifs is 1. The number of piperidine rings is 1. The van der Waals surface area contributed by atoms with E-state index >= 15 is 0 Å². The third-order valence-corrected chi connectivity index (χ3v) is 8.41. The number of hydrogen-bond donors (Lipinski definition) is 4. The molecule has 2 aliphatic heterocycles. The van der Waals surface area contributed by atoms with E-state index in [1.54, 1.807) is 18.2 Å². The Balaban J connectivity index is 1.43. The maximum absolute atomic E-state index is 13.5. The Labute approximate surface area is 212 Å². The van der Waals surface area contributed by atoms with Gasteiger partial charge in [0.05, 0.1) is 11.3 Å². The fraction of sp³-hybridized carbons (Fsp3) is 0.458. The van der Waals surface area contributed by atoms with Crippen molar-refractivity contribution in [1.82, 2.24) is 10.6 Å². The summed E-state index contributed by atoms with van der Waals surface area (Å²) < 4.78 is 73.9. The average Bonchev–Trinajstić information content (AvgIpc) is 3.23. The third-order valence-electron chi connectivity index (χ3n) is 6.26. The van der Waals surface area contributed by atoms with Gasteiger partial charge in [-0.25, -0.2) is 8.42 Å². The first-order valence-corrected chi connectivity index (χ1v) is 13.3. The van der Waals surface area contributed by atoms with Gasteiger partial charge in [-0.2, -0.15) is 0 Å². The molecule has 1 fully saturated rings. The zero-order valence-corrected chi connectivity index (χ0v) is 20.6. The molecule has 2 aromatic carbocycles. The number of amides is 1. The topological polar surface area (TPSA) is 126 Å². The standard InChI is InChI=1S/C24H28F3N3O6S/c25-24(26,27)36-17-4-6-18(7-5-17)37(33,34)23(15-8-10-28-11-9-15)29-13-16(31)14-35-21-3-1-2-20-19(21)12-22(32)30-20/h1-7,15-16,23,28-29,31H,8-14H2,(H,30,32)/t16-,23?/m0/s1. The van der Waals surface area contributed by atoms with Gasteiger partial charge in [-0.3, -0.25) is 10.1 Å². The number of halogens is 3. The molecule has 2 atom stereocenters. The second kappa shape index (κ2) is 11.3. The first-order chi connectivity index (χ1) is 17.5. The van der Waals surface area contributed by atoms with Crippen molar-refractivity contribution in [3.8, 4) is 11.5 Å². The quantitative estimate of drug-likeness (QED) is 0.360. The summed E-state index contributed by atoms with van der Waals surface area (Å²) in [6.07, 6.45) is -4.65. The molecule has 4 N–H and O–H groups in total. The SMILES string of the molecule is O=C1Cc2c(cccc2OC[C@@H](O)CNC(C2CCNCC2)S(=O)(=O)c2ccc(OC(F)(F)F)cc2)N1. The van der Waals surface area contributed by atoms with Gasteiger partial charge in [-0.15, -0.1) is 13.2 Å². The van der Waals surface area contributed by atoms with Gasteiger partial charge in [-0.1, -0.05) is 6.07 Å². The summed E-state index contributed by atoms with van der Waals surface area (Å²) in [4.78, 5) is 11.5. The lowest BCUT2D eigenvalue weighted by atomic mass is 9.98. The number of ether oxygens (including phenoxy) is 2. The number of nitrogens with one attached hydrogen (secondary N) is 3. The molecule has 2 heterocycles. The van der Waals surface area contributed by atoms with Gasteiger partial charge in [0.15, 0.2) is 9.84 Å². The van der Waals surface area contributed by atoms with Crippen LogP contribution in [0.1, 0.15) is 18.4 Å². The average molecular weight is 544 g/mol. The second-order valence-corrected chi connectivity index (χ2v) is 11.0. The van der Waals surface area contributed by atoms with Gasteiger partial charge < -0.3 is 25.2 Å². The lowest BCUT2D eigenvalue weighted by Gasteiger charge is -2.32. The minimum absolute atomic E-state index is 0.102. The van der Waals surface area contributed by atoms with Gasteiger partial charge >= 0.3 is 6.36 Å². The largest absolute Gasteiger partial charge is 0.573 e. The highest BCUT2D eigenvalue weighted by atomic mass is 32.2. The normalized spacial score (nSPS) is 18.1. The van der Waals surface area contributed by atoms with Crippen molar-refractivity contribution >= 4 is 21.4 Å². The molecular weight excluding hydrogens is 515 g/mol. The van der Waals surface area contributed by atoms with Crippen LogP contribution in [0.25, 0.3) is 0 Å². The molecule has 1 amide bonds. The highest BCUT2D eigenvalue weighted by Crippen LogP contribution is 2.32. The monoisotopic (exact) mass is 543 g/mol. The van der Waals surface area contributed by atoms with Crippen LogP contribution in [0, 0.1) is 5.92 Å². The predicted molar refractivity (Wildman–Crippen MR) is 128 cm³/mol. The predicted octanol–water partition coefficient (Wildman–Crippen LogP) is 2.21.